The molecule has 1 atom stereocenters. The highest BCUT2D eigenvalue weighted by atomic mass is 79.9. The molecule has 0 saturated heterocycles. The van der Waals surface area contributed by atoms with E-state index in [1.165, 1.54) is 11.6 Å². The number of hydrogen-bond acceptors (Lipinski definition) is 2. The van der Waals surface area contributed by atoms with E-state index >= 15 is 0 Å². The number of phenolic OH excluding ortho intramolecular Hbond substituents is 1. The molecule has 2 N–H and O–H groups in total. The van der Waals surface area contributed by atoms with Crippen LogP contribution in [0.3, 0.4) is 0 Å². The van der Waals surface area contributed by atoms with E-state index in [1.54, 1.807) is 18.2 Å². The molecule has 1 aliphatic rings. The van der Waals surface area contributed by atoms with Gasteiger partial charge in [0, 0.05) is 17.1 Å². The predicted octanol–water partition coefficient (Wildman–Crippen LogP) is 4.46. The van der Waals surface area contributed by atoms with Crippen LogP contribution in [0, 0.1) is 5.82 Å². The summed E-state index contributed by atoms with van der Waals surface area (Å²) in [5, 5.41) is 13.2. The Labute approximate surface area is 132 Å². The van der Waals surface area contributed by atoms with E-state index in [0.29, 0.717) is 12.3 Å². The first-order valence-corrected chi connectivity index (χ1v) is 7.92. The lowest BCUT2D eigenvalue weighted by Crippen LogP contribution is -2.25. The Balaban J connectivity index is 1.78. The van der Waals surface area contributed by atoms with Crippen LogP contribution in [0.5, 0.6) is 5.75 Å². The zero-order valence-electron chi connectivity index (χ0n) is 11.6. The van der Waals surface area contributed by atoms with E-state index in [9.17, 15) is 9.50 Å². The first-order chi connectivity index (χ1) is 10.1. The van der Waals surface area contributed by atoms with Gasteiger partial charge in [-0.15, -0.1) is 0 Å². The minimum absolute atomic E-state index is 0.205. The Bertz CT molecular complexity index is 659. The highest BCUT2D eigenvalue weighted by Crippen LogP contribution is 2.32. The molecule has 2 nitrogen and oxygen atoms in total. The monoisotopic (exact) mass is 349 g/mol. The molecule has 0 heterocycles. The molecule has 0 aromatic heterocycles. The van der Waals surface area contributed by atoms with Crippen molar-refractivity contribution in [2.45, 2.75) is 31.8 Å². The van der Waals surface area contributed by atoms with Crippen LogP contribution < -0.4 is 5.32 Å². The number of benzene rings is 2. The maximum Gasteiger partial charge on any atom is 0.123 e. The molecule has 110 valence electrons. The molecule has 0 bridgehead atoms. The summed E-state index contributed by atoms with van der Waals surface area (Å²) in [5.74, 6) is 0.0751. The van der Waals surface area contributed by atoms with Crippen LogP contribution in [-0.4, -0.2) is 5.11 Å². The van der Waals surface area contributed by atoms with Crippen LogP contribution in [0.1, 0.15) is 35.6 Å². The van der Waals surface area contributed by atoms with Crippen molar-refractivity contribution in [3.8, 4) is 5.75 Å². The average molecular weight is 350 g/mol. The highest BCUT2D eigenvalue weighted by Gasteiger charge is 2.20. The van der Waals surface area contributed by atoms with Crippen LogP contribution in [0.4, 0.5) is 4.39 Å². The number of nitrogens with one attached hydrogen (secondary N) is 1. The van der Waals surface area contributed by atoms with Crippen molar-refractivity contribution in [1.29, 1.82) is 0 Å². The highest BCUT2D eigenvalue weighted by molar-refractivity contribution is 9.10. The van der Waals surface area contributed by atoms with Gasteiger partial charge in [-0.05, 0) is 66.3 Å². The predicted molar refractivity (Wildman–Crippen MR) is 84.7 cm³/mol. The molecule has 2 aromatic rings. The molecule has 3 rings (SSSR count). The van der Waals surface area contributed by atoms with Gasteiger partial charge in [0.2, 0.25) is 0 Å². The first-order valence-electron chi connectivity index (χ1n) is 7.12. The molecule has 0 amide bonds. The van der Waals surface area contributed by atoms with Crippen LogP contribution in [0.15, 0.2) is 40.9 Å². The zero-order chi connectivity index (χ0) is 14.8. The van der Waals surface area contributed by atoms with Gasteiger partial charge in [-0.1, -0.05) is 22.0 Å². The van der Waals surface area contributed by atoms with Crippen molar-refractivity contribution in [3.05, 3.63) is 63.4 Å². The summed E-state index contributed by atoms with van der Waals surface area (Å²) in [6.45, 7) is 0.595. The standard InChI is InChI=1S/C17H17BrFNO/c18-16-7-5-13(19)8-12(16)10-20-17-3-1-2-11-4-6-14(21)9-15(11)17/h4-9,17,20-21H,1-3,10H2. The van der Waals surface area contributed by atoms with Crippen LogP contribution >= 0.6 is 15.9 Å². The van der Waals surface area contributed by atoms with Gasteiger partial charge in [-0.3, -0.25) is 0 Å². The van der Waals surface area contributed by atoms with E-state index < -0.39 is 0 Å². The van der Waals surface area contributed by atoms with Crippen LogP contribution in [0.25, 0.3) is 0 Å². The molecule has 0 spiro atoms. The third-order valence-electron chi connectivity index (χ3n) is 3.99. The molecular formula is C17H17BrFNO. The summed E-state index contributed by atoms with van der Waals surface area (Å²) in [4.78, 5) is 0. The summed E-state index contributed by atoms with van der Waals surface area (Å²) in [6.07, 6.45) is 3.21. The fourth-order valence-electron chi connectivity index (χ4n) is 2.91. The minimum Gasteiger partial charge on any atom is -0.508 e. The number of aromatic hydroxyl groups is 1. The lowest BCUT2D eigenvalue weighted by molar-refractivity contribution is 0.445. The smallest absolute Gasteiger partial charge is 0.123 e. The fourth-order valence-corrected chi connectivity index (χ4v) is 3.30. The molecule has 0 fully saturated rings. The topological polar surface area (TPSA) is 32.3 Å². The van der Waals surface area contributed by atoms with Gasteiger partial charge in [0.1, 0.15) is 11.6 Å². The fraction of sp³-hybridized carbons (Fsp3) is 0.294. The van der Waals surface area contributed by atoms with Crippen molar-refractivity contribution in [1.82, 2.24) is 5.32 Å². The third kappa shape index (κ3) is 3.27. The molecule has 4 heteroatoms. The second-order valence-electron chi connectivity index (χ2n) is 5.44. The summed E-state index contributed by atoms with van der Waals surface area (Å²) in [7, 11) is 0. The van der Waals surface area contributed by atoms with Crippen molar-refractivity contribution >= 4 is 15.9 Å². The van der Waals surface area contributed by atoms with E-state index in [4.69, 9.17) is 0 Å². The Morgan fingerprint density at radius 2 is 2.10 bits per heavy atom. The Hall–Kier alpha value is -1.39. The molecule has 0 aliphatic heterocycles. The summed E-state index contributed by atoms with van der Waals surface area (Å²) < 4.78 is 14.2. The number of rotatable bonds is 3. The number of hydrogen-bond donors (Lipinski definition) is 2. The van der Waals surface area contributed by atoms with E-state index in [-0.39, 0.29) is 11.9 Å². The SMILES string of the molecule is Oc1ccc2c(c1)C(NCc1cc(F)ccc1Br)CCC2. The summed E-state index contributed by atoms with van der Waals surface area (Å²) >= 11 is 3.45. The Morgan fingerprint density at radius 1 is 1.24 bits per heavy atom. The van der Waals surface area contributed by atoms with Crippen molar-refractivity contribution in [2.24, 2.45) is 0 Å². The number of halogens is 2. The molecular weight excluding hydrogens is 333 g/mol. The van der Waals surface area contributed by atoms with E-state index in [0.717, 1.165) is 34.9 Å². The Kier molecular flexibility index (Phi) is 4.27. The minimum atomic E-state index is -0.225. The van der Waals surface area contributed by atoms with Gasteiger partial charge in [0.05, 0.1) is 0 Å². The van der Waals surface area contributed by atoms with Crippen molar-refractivity contribution in [2.75, 3.05) is 0 Å². The second-order valence-corrected chi connectivity index (χ2v) is 6.30. The number of phenols is 1. The first kappa shape index (κ1) is 14.5. The van der Waals surface area contributed by atoms with Crippen molar-refractivity contribution < 1.29 is 9.50 Å². The van der Waals surface area contributed by atoms with Gasteiger partial charge < -0.3 is 10.4 Å². The largest absolute Gasteiger partial charge is 0.508 e. The zero-order valence-corrected chi connectivity index (χ0v) is 13.2. The van der Waals surface area contributed by atoms with E-state index in [1.807, 2.05) is 12.1 Å². The molecule has 0 saturated carbocycles. The lowest BCUT2D eigenvalue weighted by atomic mass is 9.87. The molecule has 21 heavy (non-hydrogen) atoms. The van der Waals surface area contributed by atoms with E-state index in [2.05, 4.69) is 21.2 Å². The second kappa shape index (κ2) is 6.16. The Morgan fingerprint density at radius 3 is 2.95 bits per heavy atom. The van der Waals surface area contributed by atoms with Gasteiger partial charge in [0.15, 0.2) is 0 Å². The molecule has 1 aliphatic carbocycles. The summed E-state index contributed by atoms with van der Waals surface area (Å²) in [5.41, 5.74) is 3.35. The molecule has 1 unspecified atom stereocenters. The van der Waals surface area contributed by atoms with Gasteiger partial charge in [-0.25, -0.2) is 4.39 Å². The van der Waals surface area contributed by atoms with Gasteiger partial charge >= 0.3 is 0 Å². The van der Waals surface area contributed by atoms with Gasteiger partial charge in [-0.2, -0.15) is 0 Å². The summed E-state index contributed by atoms with van der Waals surface area (Å²) in [6, 6.07) is 10.5. The van der Waals surface area contributed by atoms with Crippen LogP contribution in [-0.2, 0) is 13.0 Å². The quantitative estimate of drug-likeness (QED) is 0.857. The lowest BCUT2D eigenvalue weighted by Gasteiger charge is -2.27. The van der Waals surface area contributed by atoms with Crippen molar-refractivity contribution in [3.63, 3.8) is 0 Å². The third-order valence-corrected chi connectivity index (χ3v) is 4.76. The molecule has 0 radical (unpaired) electrons. The maximum atomic E-state index is 13.3. The molecule has 2 aromatic carbocycles. The number of aryl methyl sites for hydroxylation is 1. The average Bonchev–Trinajstić information content (AvgIpc) is 2.48. The normalized spacial score (nSPS) is 17.5. The number of fused-ring (bicyclic) bond motifs is 1. The maximum absolute atomic E-state index is 13.3. The van der Waals surface area contributed by atoms with Gasteiger partial charge in [0.25, 0.3) is 0 Å². The van der Waals surface area contributed by atoms with Crippen LogP contribution in [0.2, 0.25) is 0 Å².